The SMILES string of the molecule is NC1C(OC2CC(CO)C(O)C(O)C2O)OC(CO)C(O)C1O. The van der Waals surface area contributed by atoms with Crippen molar-refractivity contribution < 1.29 is 45.2 Å². The van der Waals surface area contributed by atoms with E-state index in [0.717, 1.165) is 0 Å². The summed E-state index contributed by atoms with van der Waals surface area (Å²) in [5.41, 5.74) is 5.74. The van der Waals surface area contributed by atoms with Gasteiger partial charge in [0.15, 0.2) is 6.29 Å². The lowest BCUT2D eigenvalue weighted by atomic mass is 9.81. The van der Waals surface area contributed by atoms with E-state index in [1.807, 2.05) is 0 Å². The summed E-state index contributed by atoms with van der Waals surface area (Å²) in [5.74, 6) is -0.706. The Balaban J connectivity index is 2.07. The van der Waals surface area contributed by atoms with Crippen LogP contribution in [-0.2, 0) is 9.47 Å². The van der Waals surface area contributed by atoms with E-state index in [0.29, 0.717) is 0 Å². The topological polar surface area (TPSA) is 186 Å². The average molecular weight is 339 g/mol. The van der Waals surface area contributed by atoms with E-state index in [1.54, 1.807) is 0 Å². The van der Waals surface area contributed by atoms with Crippen molar-refractivity contribution in [3.63, 3.8) is 0 Å². The first-order valence-corrected chi connectivity index (χ1v) is 7.50. The Bertz CT molecular complexity index is 348. The van der Waals surface area contributed by atoms with Gasteiger partial charge in [0, 0.05) is 12.5 Å². The molecule has 0 radical (unpaired) electrons. The van der Waals surface area contributed by atoms with Crippen molar-refractivity contribution in [2.24, 2.45) is 11.7 Å². The Hall–Kier alpha value is -0.400. The number of aliphatic hydroxyl groups is 7. The third-order valence-electron chi connectivity index (χ3n) is 4.57. The maximum absolute atomic E-state index is 10.0. The smallest absolute Gasteiger partial charge is 0.176 e. The van der Waals surface area contributed by atoms with Gasteiger partial charge >= 0.3 is 0 Å². The summed E-state index contributed by atoms with van der Waals surface area (Å²) in [6.07, 6.45) is -10.4. The van der Waals surface area contributed by atoms with Crippen LogP contribution in [0.4, 0.5) is 0 Å². The largest absolute Gasteiger partial charge is 0.396 e. The van der Waals surface area contributed by atoms with Crippen molar-refractivity contribution in [2.45, 2.75) is 61.5 Å². The van der Waals surface area contributed by atoms with E-state index in [-0.39, 0.29) is 6.42 Å². The third-order valence-corrected chi connectivity index (χ3v) is 4.57. The second-order valence-corrected chi connectivity index (χ2v) is 6.11. The standard InChI is InChI=1S/C13H25NO9/c14-7-11(20)10(19)6(3-16)23-13(7)22-5-1-4(2-15)8(17)12(21)9(5)18/h4-13,15-21H,1-3,14H2. The third kappa shape index (κ3) is 3.66. The van der Waals surface area contributed by atoms with E-state index >= 15 is 0 Å². The van der Waals surface area contributed by atoms with Gasteiger partial charge in [0.2, 0.25) is 0 Å². The van der Waals surface area contributed by atoms with Crippen LogP contribution >= 0.6 is 0 Å². The molecule has 10 heteroatoms. The van der Waals surface area contributed by atoms with Crippen LogP contribution < -0.4 is 5.73 Å². The monoisotopic (exact) mass is 339 g/mol. The number of aliphatic hydroxyl groups excluding tert-OH is 7. The van der Waals surface area contributed by atoms with Crippen LogP contribution in [0.5, 0.6) is 0 Å². The number of hydrogen-bond donors (Lipinski definition) is 8. The Morgan fingerprint density at radius 2 is 1.52 bits per heavy atom. The van der Waals surface area contributed by atoms with E-state index in [4.69, 9.17) is 20.3 Å². The minimum Gasteiger partial charge on any atom is -0.396 e. The first kappa shape index (κ1) is 18.9. The van der Waals surface area contributed by atoms with Gasteiger partial charge < -0.3 is 51.0 Å². The van der Waals surface area contributed by atoms with E-state index in [2.05, 4.69) is 0 Å². The number of rotatable bonds is 4. The zero-order valence-corrected chi connectivity index (χ0v) is 12.4. The van der Waals surface area contributed by atoms with E-state index in [1.165, 1.54) is 0 Å². The van der Waals surface area contributed by atoms with Crippen molar-refractivity contribution in [3.05, 3.63) is 0 Å². The molecule has 1 aliphatic carbocycles. The summed E-state index contributed by atoms with van der Waals surface area (Å²) in [6.45, 7) is -0.985. The highest BCUT2D eigenvalue weighted by atomic mass is 16.7. The Morgan fingerprint density at radius 3 is 2.09 bits per heavy atom. The minimum absolute atomic E-state index is 0.0327. The zero-order chi connectivity index (χ0) is 17.3. The fourth-order valence-electron chi connectivity index (χ4n) is 2.99. The van der Waals surface area contributed by atoms with Crippen LogP contribution in [0.3, 0.4) is 0 Å². The lowest BCUT2D eigenvalue weighted by Gasteiger charge is -2.45. The Labute approximate surface area is 132 Å². The summed E-state index contributed by atoms with van der Waals surface area (Å²) in [6, 6.07) is -1.14. The zero-order valence-electron chi connectivity index (χ0n) is 12.4. The summed E-state index contributed by atoms with van der Waals surface area (Å²) in [5, 5.41) is 67.5. The molecule has 0 aromatic rings. The normalized spacial score (nSPS) is 51.7. The molecular weight excluding hydrogens is 314 g/mol. The van der Waals surface area contributed by atoms with Gasteiger partial charge in [-0.15, -0.1) is 0 Å². The fourth-order valence-corrected chi connectivity index (χ4v) is 2.99. The average Bonchev–Trinajstić information content (AvgIpc) is 2.55. The quantitative estimate of drug-likeness (QED) is 0.247. The summed E-state index contributed by atoms with van der Waals surface area (Å²) in [7, 11) is 0. The maximum Gasteiger partial charge on any atom is 0.176 e. The van der Waals surface area contributed by atoms with Crippen molar-refractivity contribution in [2.75, 3.05) is 13.2 Å². The van der Waals surface area contributed by atoms with Gasteiger partial charge in [0.1, 0.15) is 30.5 Å². The maximum atomic E-state index is 10.0. The molecule has 136 valence electrons. The lowest BCUT2D eigenvalue weighted by molar-refractivity contribution is -0.298. The van der Waals surface area contributed by atoms with Crippen LogP contribution in [-0.4, -0.2) is 104 Å². The molecule has 2 aliphatic rings. The molecule has 2 rings (SSSR count). The lowest BCUT2D eigenvalue weighted by Crippen LogP contribution is -2.64. The molecule has 10 unspecified atom stereocenters. The highest BCUT2D eigenvalue weighted by molar-refractivity contribution is 4.96. The highest BCUT2D eigenvalue weighted by Gasteiger charge is 2.48. The van der Waals surface area contributed by atoms with Crippen molar-refractivity contribution >= 4 is 0 Å². The fraction of sp³-hybridized carbons (Fsp3) is 1.00. The van der Waals surface area contributed by atoms with Crippen molar-refractivity contribution in [1.29, 1.82) is 0 Å². The molecular formula is C13H25NO9. The van der Waals surface area contributed by atoms with Gasteiger partial charge in [0.05, 0.1) is 24.9 Å². The molecule has 0 bridgehead atoms. The predicted octanol–water partition coefficient (Wildman–Crippen LogP) is -4.77. The molecule has 23 heavy (non-hydrogen) atoms. The van der Waals surface area contributed by atoms with Gasteiger partial charge in [-0.1, -0.05) is 0 Å². The molecule has 0 amide bonds. The highest BCUT2D eigenvalue weighted by Crippen LogP contribution is 2.30. The van der Waals surface area contributed by atoms with E-state index in [9.17, 15) is 30.6 Å². The summed E-state index contributed by atoms with van der Waals surface area (Å²) < 4.78 is 10.8. The van der Waals surface area contributed by atoms with Gasteiger partial charge in [0.25, 0.3) is 0 Å². The molecule has 0 aromatic carbocycles. The summed E-state index contributed by atoms with van der Waals surface area (Å²) in [4.78, 5) is 0. The molecule has 10 atom stereocenters. The van der Waals surface area contributed by atoms with Crippen molar-refractivity contribution in [3.8, 4) is 0 Å². The molecule has 10 nitrogen and oxygen atoms in total. The molecule has 9 N–H and O–H groups in total. The van der Waals surface area contributed by atoms with E-state index < -0.39 is 74.2 Å². The first-order valence-electron chi connectivity index (χ1n) is 7.50. The van der Waals surface area contributed by atoms with Crippen LogP contribution in [0.25, 0.3) is 0 Å². The molecule has 1 aliphatic heterocycles. The predicted molar refractivity (Wildman–Crippen MR) is 73.8 cm³/mol. The minimum atomic E-state index is -1.52. The van der Waals surface area contributed by atoms with Crippen LogP contribution in [0.1, 0.15) is 6.42 Å². The summed E-state index contributed by atoms with van der Waals surface area (Å²) >= 11 is 0. The number of ether oxygens (including phenoxy) is 2. The number of nitrogens with two attached hydrogens (primary N) is 1. The first-order chi connectivity index (χ1) is 10.8. The molecule has 1 saturated carbocycles. The molecule has 0 spiro atoms. The Morgan fingerprint density at radius 1 is 0.870 bits per heavy atom. The van der Waals surface area contributed by atoms with Crippen molar-refractivity contribution in [1.82, 2.24) is 0 Å². The molecule has 1 saturated heterocycles. The van der Waals surface area contributed by atoms with Crippen LogP contribution in [0.15, 0.2) is 0 Å². The van der Waals surface area contributed by atoms with Gasteiger partial charge in [-0.05, 0) is 6.42 Å². The van der Waals surface area contributed by atoms with Gasteiger partial charge in [-0.2, -0.15) is 0 Å². The second kappa shape index (κ2) is 7.66. The molecule has 1 heterocycles. The Kier molecular flexibility index (Phi) is 6.30. The number of hydrogen-bond acceptors (Lipinski definition) is 10. The second-order valence-electron chi connectivity index (χ2n) is 6.11. The van der Waals surface area contributed by atoms with Crippen LogP contribution in [0, 0.1) is 5.92 Å². The molecule has 0 aromatic heterocycles. The van der Waals surface area contributed by atoms with Gasteiger partial charge in [-0.3, -0.25) is 0 Å². The van der Waals surface area contributed by atoms with Gasteiger partial charge in [-0.25, -0.2) is 0 Å². The molecule has 2 fully saturated rings. The van der Waals surface area contributed by atoms with Crippen LogP contribution in [0.2, 0.25) is 0 Å².